The molecule has 17 heavy (non-hydrogen) atoms. The monoisotopic (exact) mass is 237 g/mol. The minimum atomic E-state index is -0.449. The van der Waals surface area contributed by atoms with Crippen LogP contribution in [0.5, 0.6) is 0 Å². The van der Waals surface area contributed by atoms with Crippen molar-refractivity contribution in [3.8, 4) is 0 Å². The third-order valence-corrected chi connectivity index (χ3v) is 3.74. The van der Waals surface area contributed by atoms with Crippen LogP contribution < -0.4 is 0 Å². The summed E-state index contributed by atoms with van der Waals surface area (Å²) < 4.78 is 12.8. The summed E-state index contributed by atoms with van der Waals surface area (Å²) in [7, 11) is 0. The standard InChI is InChI=1S/C14H20FNO/c1-2-16-9-7-12(8-10-16)14(17)11-3-5-13(15)6-4-11/h3-6,12,14,17H,2,7-10H2,1H3. The maximum absolute atomic E-state index is 12.8. The highest BCUT2D eigenvalue weighted by atomic mass is 19.1. The summed E-state index contributed by atoms with van der Waals surface area (Å²) in [5.74, 6) is 0.0602. The van der Waals surface area contributed by atoms with Gasteiger partial charge in [0, 0.05) is 0 Å². The molecule has 0 radical (unpaired) electrons. The van der Waals surface area contributed by atoms with Crippen molar-refractivity contribution >= 4 is 0 Å². The van der Waals surface area contributed by atoms with E-state index in [0.29, 0.717) is 5.92 Å². The number of nitrogens with zero attached hydrogens (tertiary/aromatic N) is 1. The topological polar surface area (TPSA) is 23.5 Å². The number of hydrogen-bond donors (Lipinski definition) is 1. The second kappa shape index (κ2) is 5.61. The molecule has 0 saturated carbocycles. The summed E-state index contributed by atoms with van der Waals surface area (Å²) in [4.78, 5) is 2.40. The molecule has 1 unspecified atom stereocenters. The number of aliphatic hydroxyl groups is 1. The molecule has 1 N–H and O–H groups in total. The first-order chi connectivity index (χ1) is 8.20. The van der Waals surface area contributed by atoms with Crippen LogP contribution >= 0.6 is 0 Å². The molecule has 1 aromatic carbocycles. The Morgan fingerprint density at radius 2 is 1.88 bits per heavy atom. The quantitative estimate of drug-likeness (QED) is 0.873. The van der Waals surface area contributed by atoms with Crippen LogP contribution in [-0.2, 0) is 0 Å². The number of piperidine rings is 1. The Morgan fingerprint density at radius 1 is 1.29 bits per heavy atom. The van der Waals surface area contributed by atoms with E-state index in [1.165, 1.54) is 12.1 Å². The van der Waals surface area contributed by atoms with Crippen molar-refractivity contribution in [1.82, 2.24) is 4.90 Å². The zero-order valence-electron chi connectivity index (χ0n) is 10.3. The molecule has 0 amide bonds. The summed E-state index contributed by atoms with van der Waals surface area (Å²) in [5.41, 5.74) is 0.835. The average molecular weight is 237 g/mol. The van der Waals surface area contributed by atoms with E-state index in [1.54, 1.807) is 12.1 Å². The van der Waals surface area contributed by atoms with Crippen LogP contribution in [0.1, 0.15) is 31.4 Å². The number of hydrogen-bond acceptors (Lipinski definition) is 2. The fourth-order valence-electron chi connectivity index (χ4n) is 2.52. The second-order valence-electron chi connectivity index (χ2n) is 4.77. The zero-order chi connectivity index (χ0) is 12.3. The van der Waals surface area contributed by atoms with E-state index in [9.17, 15) is 9.50 Å². The molecule has 2 nitrogen and oxygen atoms in total. The summed E-state index contributed by atoms with van der Waals surface area (Å²) >= 11 is 0. The number of rotatable bonds is 3. The van der Waals surface area contributed by atoms with Crippen LogP contribution in [0, 0.1) is 11.7 Å². The molecule has 1 atom stereocenters. The number of likely N-dealkylation sites (tertiary alicyclic amines) is 1. The van der Waals surface area contributed by atoms with Gasteiger partial charge in [-0.25, -0.2) is 4.39 Å². The van der Waals surface area contributed by atoms with E-state index in [4.69, 9.17) is 0 Å². The van der Waals surface area contributed by atoms with Crippen LogP contribution in [0.3, 0.4) is 0 Å². The van der Waals surface area contributed by atoms with Gasteiger partial charge in [0.2, 0.25) is 0 Å². The highest BCUT2D eigenvalue weighted by Crippen LogP contribution is 2.30. The maximum Gasteiger partial charge on any atom is 0.123 e. The van der Waals surface area contributed by atoms with Crippen molar-refractivity contribution in [3.05, 3.63) is 35.6 Å². The number of benzene rings is 1. The first-order valence-electron chi connectivity index (χ1n) is 6.36. The summed E-state index contributed by atoms with van der Waals surface area (Å²) in [6.45, 7) is 5.36. The summed E-state index contributed by atoms with van der Waals surface area (Å²) in [5, 5.41) is 10.3. The molecule has 0 bridgehead atoms. The molecule has 3 heteroatoms. The van der Waals surface area contributed by atoms with Gasteiger partial charge in [0.25, 0.3) is 0 Å². The molecule has 1 aromatic rings. The van der Waals surface area contributed by atoms with Gasteiger partial charge in [0.15, 0.2) is 0 Å². The number of aliphatic hydroxyl groups excluding tert-OH is 1. The van der Waals surface area contributed by atoms with Crippen LogP contribution in [-0.4, -0.2) is 29.6 Å². The van der Waals surface area contributed by atoms with Gasteiger partial charge >= 0.3 is 0 Å². The van der Waals surface area contributed by atoms with E-state index < -0.39 is 6.10 Å². The Kier molecular flexibility index (Phi) is 4.13. The Hall–Kier alpha value is -0.930. The molecular formula is C14H20FNO. The molecule has 1 aliphatic heterocycles. The van der Waals surface area contributed by atoms with Crippen molar-refractivity contribution in [1.29, 1.82) is 0 Å². The van der Waals surface area contributed by atoms with E-state index in [-0.39, 0.29) is 5.82 Å². The normalized spacial score (nSPS) is 20.4. The van der Waals surface area contributed by atoms with Crippen molar-refractivity contribution in [2.45, 2.75) is 25.9 Å². The Labute approximate surface area is 102 Å². The Bertz CT molecular complexity index is 344. The van der Waals surface area contributed by atoms with Crippen molar-refractivity contribution in [3.63, 3.8) is 0 Å². The van der Waals surface area contributed by atoms with Crippen LogP contribution in [0.25, 0.3) is 0 Å². The largest absolute Gasteiger partial charge is 0.388 e. The lowest BCUT2D eigenvalue weighted by atomic mass is 9.87. The van der Waals surface area contributed by atoms with Gasteiger partial charge in [0.05, 0.1) is 6.10 Å². The lowest BCUT2D eigenvalue weighted by Gasteiger charge is -2.33. The van der Waals surface area contributed by atoms with Crippen LogP contribution in [0.2, 0.25) is 0 Å². The van der Waals surface area contributed by atoms with Gasteiger partial charge in [-0.2, -0.15) is 0 Å². The minimum absolute atomic E-state index is 0.248. The predicted octanol–water partition coefficient (Wildman–Crippen LogP) is 2.59. The highest BCUT2D eigenvalue weighted by Gasteiger charge is 2.25. The zero-order valence-corrected chi connectivity index (χ0v) is 10.3. The van der Waals surface area contributed by atoms with Crippen LogP contribution in [0.4, 0.5) is 4.39 Å². The van der Waals surface area contributed by atoms with E-state index in [1.807, 2.05) is 0 Å². The molecule has 0 aliphatic carbocycles. The van der Waals surface area contributed by atoms with Gasteiger partial charge in [-0.05, 0) is 56.1 Å². The molecule has 1 saturated heterocycles. The first-order valence-corrected chi connectivity index (χ1v) is 6.36. The summed E-state index contributed by atoms with van der Waals surface area (Å²) in [6.07, 6.45) is 1.59. The lowest BCUT2D eigenvalue weighted by molar-refractivity contribution is 0.0604. The smallest absolute Gasteiger partial charge is 0.123 e. The van der Waals surface area contributed by atoms with Gasteiger partial charge < -0.3 is 10.0 Å². The summed E-state index contributed by atoms with van der Waals surface area (Å²) in [6, 6.07) is 6.21. The molecule has 1 heterocycles. The third-order valence-electron chi connectivity index (χ3n) is 3.74. The lowest BCUT2D eigenvalue weighted by Crippen LogP contribution is -2.35. The van der Waals surface area contributed by atoms with E-state index in [0.717, 1.165) is 38.0 Å². The molecule has 1 fully saturated rings. The van der Waals surface area contributed by atoms with Gasteiger partial charge in [-0.15, -0.1) is 0 Å². The molecule has 0 aromatic heterocycles. The second-order valence-corrected chi connectivity index (χ2v) is 4.77. The fraction of sp³-hybridized carbons (Fsp3) is 0.571. The minimum Gasteiger partial charge on any atom is -0.388 e. The molecular weight excluding hydrogens is 217 g/mol. The molecule has 2 rings (SSSR count). The highest BCUT2D eigenvalue weighted by molar-refractivity contribution is 5.19. The molecule has 94 valence electrons. The van der Waals surface area contributed by atoms with Gasteiger partial charge in [-0.3, -0.25) is 0 Å². The molecule has 0 spiro atoms. The predicted molar refractivity (Wildman–Crippen MR) is 66.2 cm³/mol. The first kappa shape index (κ1) is 12.5. The SMILES string of the molecule is CCN1CCC(C(O)c2ccc(F)cc2)CC1. The van der Waals surface area contributed by atoms with Crippen LogP contribution in [0.15, 0.2) is 24.3 Å². The third kappa shape index (κ3) is 3.05. The van der Waals surface area contributed by atoms with E-state index in [2.05, 4.69) is 11.8 Å². The number of halogens is 1. The van der Waals surface area contributed by atoms with Gasteiger partial charge in [0.1, 0.15) is 5.82 Å². The Balaban J connectivity index is 1.96. The van der Waals surface area contributed by atoms with Crippen molar-refractivity contribution in [2.75, 3.05) is 19.6 Å². The van der Waals surface area contributed by atoms with Crippen molar-refractivity contribution < 1.29 is 9.50 Å². The van der Waals surface area contributed by atoms with E-state index >= 15 is 0 Å². The average Bonchev–Trinajstić information content (AvgIpc) is 2.39. The maximum atomic E-state index is 12.8. The van der Waals surface area contributed by atoms with Gasteiger partial charge in [-0.1, -0.05) is 19.1 Å². The van der Waals surface area contributed by atoms with Crippen molar-refractivity contribution in [2.24, 2.45) is 5.92 Å². The fourth-order valence-corrected chi connectivity index (χ4v) is 2.52. The molecule has 1 aliphatic rings. The Morgan fingerprint density at radius 3 is 2.41 bits per heavy atom.